The Kier molecular flexibility index (Phi) is 5.15. The molecule has 2 N–H and O–H groups in total. The molecule has 0 bridgehead atoms. The van der Waals surface area contributed by atoms with Gasteiger partial charge >= 0.3 is 0 Å². The van der Waals surface area contributed by atoms with Crippen LogP contribution in [0.25, 0.3) is 5.65 Å². The molecule has 0 radical (unpaired) electrons. The van der Waals surface area contributed by atoms with E-state index in [1.807, 2.05) is 20.8 Å². The minimum Gasteiger partial charge on any atom is -0.396 e. The number of amides is 1. The van der Waals surface area contributed by atoms with E-state index >= 15 is 0 Å². The SMILES string of the molecule is Cc1ccn2c(=O)c(C(=O)NCCCC(C)(C)CO)cnc2c1. The summed E-state index contributed by atoms with van der Waals surface area (Å²) in [6.07, 6.45) is 4.48. The summed E-state index contributed by atoms with van der Waals surface area (Å²) in [5.74, 6) is -0.417. The Morgan fingerprint density at radius 3 is 2.87 bits per heavy atom. The first kappa shape index (κ1) is 17.1. The molecule has 0 aliphatic rings. The number of nitrogens with one attached hydrogen (secondary N) is 1. The molecule has 0 saturated carbocycles. The van der Waals surface area contributed by atoms with Gasteiger partial charge in [-0.05, 0) is 42.9 Å². The third kappa shape index (κ3) is 4.16. The van der Waals surface area contributed by atoms with Crippen molar-refractivity contribution in [3.05, 3.63) is 46.0 Å². The number of pyridine rings is 1. The van der Waals surface area contributed by atoms with E-state index in [9.17, 15) is 14.7 Å². The summed E-state index contributed by atoms with van der Waals surface area (Å²) in [6, 6.07) is 3.59. The minimum atomic E-state index is -0.417. The molecule has 0 unspecified atom stereocenters. The third-order valence-electron chi connectivity index (χ3n) is 3.85. The lowest BCUT2D eigenvalue weighted by Gasteiger charge is -2.21. The monoisotopic (exact) mass is 317 g/mol. The number of hydrogen-bond acceptors (Lipinski definition) is 4. The van der Waals surface area contributed by atoms with E-state index in [1.165, 1.54) is 10.6 Å². The molecule has 0 spiro atoms. The fourth-order valence-corrected chi connectivity index (χ4v) is 2.28. The van der Waals surface area contributed by atoms with Gasteiger partial charge in [0.1, 0.15) is 11.2 Å². The molecule has 2 rings (SSSR count). The summed E-state index contributed by atoms with van der Waals surface area (Å²) in [4.78, 5) is 28.7. The summed E-state index contributed by atoms with van der Waals surface area (Å²) in [6.45, 7) is 6.42. The van der Waals surface area contributed by atoms with Crippen LogP contribution in [0.2, 0.25) is 0 Å². The van der Waals surface area contributed by atoms with Gasteiger partial charge in [-0.1, -0.05) is 13.8 Å². The quantitative estimate of drug-likeness (QED) is 0.792. The number of aliphatic hydroxyl groups is 1. The predicted molar refractivity (Wildman–Crippen MR) is 88.6 cm³/mol. The molecule has 6 heteroatoms. The van der Waals surface area contributed by atoms with Gasteiger partial charge in [-0.15, -0.1) is 0 Å². The molecule has 23 heavy (non-hydrogen) atoms. The number of hydrogen-bond donors (Lipinski definition) is 2. The van der Waals surface area contributed by atoms with E-state index in [4.69, 9.17) is 0 Å². The van der Waals surface area contributed by atoms with Gasteiger partial charge in [-0.2, -0.15) is 0 Å². The molecule has 2 aromatic heterocycles. The molecule has 0 aliphatic carbocycles. The van der Waals surface area contributed by atoms with Gasteiger partial charge in [-0.3, -0.25) is 14.0 Å². The molecular weight excluding hydrogens is 294 g/mol. The predicted octanol–water partition coefficient (Wildman–Crippen LogP) is 1.53. The number of aromatic nitrogens is 2. The smallest absolute Gasteiger partial charge is 0.270 e. The number of aliphatic hydroxyl groups excluding tert-OH is 1. The van der Waals surface area contributed by atoms with Crippen LogP contribution in [0.1, 0.15) is 42.6 Å². The number of nitrogens with zero attached hydrogens (tertiary/aromatic N) is 2. The summed E-state index contributed by atoms with van der Waals surface area (Å²) in [5, 5.41) is 11.9. The number of rotatable bonds is 6. The topological polar surface area (TPSA) is 83.7 Å². The Labute approximate surface area is 135 Å². The normalized spacial score (nSPS) is 11.7. The maximum atomic E-state index is 12.3. The zero-order valence-corrected chi connectivity index (χ0v) is 13.8. The molecule has 6 nitrogen and oxygen atoms in total. The van der Waals surface area contributed by atoms with Gasteiger partial charge in [0, 0.05) is 25.5 Å². The molecule has 124 valence electrons. The molecule has 2 aromatic rings. The Balaban J connectivity index is 2.06. The van der Waals surface area contributed by atoms with E-state index in [0.29, 0.717) is 12.2 Å². The van der Waals surface area contributed by atoms with Gasteiger partial charge in [0.2, 0.25) is 0 Å². The first-order valence-electron chi connectivity index (χ1n) is 7.71. The standard InChI is InChI=1S/C17H23N3O3/c1-12-5-8-20-14(9-12)19-10-13(16(20)23)15(22)18-7-4-6-17(2,3)11-21/h5,8-10,21H,4,6-7,11H2,1-3H3,(H,18,22). The highest BCUT2D eigenvalue weighted by atomic mass is 16.3. The average Bonchev–Trinajstić information content (AvgIpc) is 2.51. The van der Waals surface area contributed by atoms with Crippen molar-refractivity contribution in [2.75, 3.05) is 13.2 Å². The van der Waals surface area contributed by atoms with Crippen molar-refractivity contribution >= 4 is 11.6 Å². The molecule has 0 aliphatic heterocycles. The van der Waals surface area contributed by atoms with Crippen LogP contribution in [0.15, 0.2) is 29.3 Å². The highest BCUT2D eigenvalue weighted by molar-refractivity contribution is 5.93. The van der Waals surface area contributed by atoms with Gasteiger partial charge in [-0.25, -0.2) is 4.98 Å². The largest absolute Gasteiger partial charge is 0.396 e. The van der Waals surface area contributed by atoms with Crippen LogP contribution < -0.4 is 10.9 Å². The summed E-state index contributed by atoms with van der Waals surface area (Å²) < 4.78 is 1.37. The van der Waals surface area contributed by atoms with Crippen molar-refractivity contribution in [1.82, 2.24) is 14.7 Å². The van der Waals surface area contributed by atoms with Gasteiger partial charge < -0.3 is 10.4 Å². The Bertz CT molecular complexity index is 765. The molecule has 1 amide bonds. The maximum absolute atomic E-state index is 12.3. The minimum absolute atomic E-state index is 0.0350. The van der Waals surface area contributed by atoms with Crippen LogP contribution in [0, 0.1) is 12.3 Å². The number of aryl methyl sites for hydroxylation is 1. The fourth-order valence-electron chi connectivity index (χ4n) is 2.28. The van der Waals surface area contributed by atoms with Crippen molar-refractivity contribution < 1.29 is 9.90 Å². The van der Waals surface area contributed by atoms with Crippen LogP contribution in [0.5, 0.6) is 0 Å². The Hall–Kier alpha value is -2.21. The van der Waals surface area contributed by atoms with Crippen molar-refractivity contribution in [2.24, 2.45) is 5.41 Å². The van der Waals surface area contributed by atoms with E-state index in [-0.39, 0.29) is 23.1 Å². The van der Waals surface area contributed by atoms with Crippen LogP contribution in [0.4, 0.5) is 0 Å². The molecular formula is C17H23N3O3. The number of carbonyl (C=O) groups is 1. The lowest BCUT2D eigenvalue weighted by molar-refractivity contribution is 0.0946. The highest BCUT2D eigenvalue weighted by Gasteiger charge is 2.17. The van der Waals surface area contributed by atoms with Crippen molar-refractivity contribution in [2.45, 2.75) is 33.6 Å². The van der Waals surface area contributed by atoms with Crippen molar-refractivity contribution in [3.63, 3.8) is 0 Å². The molecule has 0 fully saturated rings. The van der Waals surface area contributed by atoms with E-state index < -0.39 is 5.91 Å². The zero-order valence-electron chi connectivity index (χ0n) is 13.8. The first-order chi connectivity index (χ1) is 10.8. The van der Waals surface area contributed by atoms with Crippen LogP contribution in [-0.4, -0.2) is 33.6 Å². The molecule has 0 atom stereocenters. The van der Waals surface area contributed by atoms with Gasteiger partial charge in [0.25, 0.3) is 11.5 Å². The number of fused-ring (bicyclic) bond motifs is 1. The molecule has 0 aromatic carbocycles. The third-order valence-corrected chi connectivity index (χ3v) is 3.85. The molecule has 2 heterocycles. The lowest BCUT2D eigenvalue weighted by Crippen LogP contribution is -2.32. The van der Waals surface area contributed by atoms with Crippen LogP contribution >= 0.6 is 0 Å². The maximum Gasteiger partial charge on any atom is 0.270 e. The second-order valence-corrected chi connectivity index (χ2v) is 6.59. The van der Waals surface area contributed by atoms with Crippen molar-refractivity contribution in [1.29, 1.82) is 0 Å². The van der Waals surface area contributed by atoms with Crippen LogP contribution in [0.3, 0.4) is 0 Å². The van der Waals surface area contributed by atoms with Crippen molar-refractivity contribution in [3.8, 4) is 0 Å². The number of carbonyl (C=O) groups excluding carboxylic acids is 1. The lowest BCUT2D eigenvalue weighted by atomic mass is 9.89. The van der Waals surface area contributed by atoms with E-state index in [0.717, 1.165) is 18.4 Å². The molecule has 0 saturated heterocycles. The zero-order chi connectivity index (χ0) is 17.0. The van der Waals surface area contributed by atoms with Gasteiger partial charge in [0.05, 0.1) is 0 Å². The fraction of sp³-hybridized carbons (Fsp3) is 0.471. The van der Waals surface area contributed by atoms with Crippen LogP contribution in [-0.2, 0) is 0 Å². The Morgan fingerprint density at radius 2 is 2.17 bits per heavy atom. The summed E-state index contributed by atoms with van der Waals surface area (Å²) in [7, 11) is 0. The summed E-state index contributed by atoms with van der Waals surface area (Å²) in [5.41, 5.74) is 1.03. The highest BCUT2D eigenvalue weighted by Crippen LogP contribution is 2.20. The second kappa shape index (κ2) is 6.91. The Morgan fingerprint density at radius 1 is 1.43 bits per heavy atom. The summed E-state index contributed by atoms with van der Waals surface area (Å²) >= 11 is 0. The second-order valence-electron chi connectivity index (χ2n) is 6.59. The van der Waals surface area contributed by atoms with E-state index in [1.54, 1.807) is 18.3 Å². The van der Waals surface area contributed by atoms with E-state index in [2.05, 4.69) is 10.3 Å². The average molecular weight is 317 g/mol. The first-order valence-corrected chi connectivity index (χ1v) is 7.71. The van der Waals surface area contributed by atoms with Gasteiger partial charge in [0.15, 0.2) is 0 Å².